The van der Waals surface area contributed by atoms with Gasteiger partial charge in [0.2, 0.25) is 15.9 Å². The van der Waals surface area contributed by atoms with Gasteiger partial charge >= 0.3 is 5.97 Å². The van der Waals surface area contributed by atoms with E-state index in [2.05, 4.69) is 0 Å². The zero-order valence-corrected chi connectivity index (χ0v) is 17.0. The molecule has 1 aliphatic heterocycles. The summed E-state index contributed by atoms with van der Waals surface area (Å²) in [6.45, 7) is 3.07. The third-order valence-corrected chi connectivity index (χ3v) is 7.83. The van der Waals surface area contributed by atoms with Gasteiger partial charge in [0.1, 0.15) is 0 Å². The Hall–Kier alpha value is -1.93. The second-order valence-corrected chi connectivity index (χ2v) is 9.50. The molecule has 1 heterocycles. The van der Waals surface area contributed by atoms with Crippen LogP contribution < -0.4 is 0 Å². The molecule has 0 unspecified atom stereocenters. The summed E-state index contributed by atoms with van der Waals surface area (Å²) in [6, 6.07) is 6.90. The van der Waals surface area contributed by atoms with Crippen molar-refractivity contribution in [2.24, 2.45) is 11.8 Å². The zero-order chi connectivity index (χ0) is 20.3. The Morgan fingerprint density at radius 1 is 1.00 bits per heavy atom. The highest BCUT2D eigenvalue weighted by Gasteiger charge is 2.39. The first-order valence-electron chi connectivity index (χ1n) is 9.95. The van der Waals surface area contributed by atoms with Gasteiger partial charge in [0.05, 0.1) is 16.7 Å². The molecule has 1 aromatic carbocycles. The van der Waals surface area contributed by atoms with Crippen molar-refractivity contribution in [3.63, 3.8) is 0 Å². The van der Waals surface area contributed by atoms with Crippen LogP contribution in [0.15, 0.2) is 29.2 Å². The van der Waals surface area contributed by atoms with Crippen molar-refractivity contribution >= 4 is 21.9 Å². The highest BCUT2D eigenvalue weighted by Crippen LogP contribution is 2.32. The number of carbonyl (C=O) groups is 2. The molecule has 2 atom stereocenters. The molecule has 0 aromatic heterocycles. The van der Waals surface area contributed by atoms with Crippen molar-refractivity contribution in [3.8, 4) is 0 Å². The Morgan fingerprint density at radius 3 is 2.11 bits per heavy atom. The summed E-state index contributed by atoms with van der Waals surface area (Å²) in [7, 11) is -3.58. The Bertz CT molecular complexity index is 814. The summed E-state index contributed by atoms with van der Waals surface area (Å²) in [5.74, 6) is -2.16. The van der Waals surface area contributed by atoms with Crippen molar-refractivity contribution < 1.29 is 23.1 Å². The molecule has 7 nitrogen and oxygen atoms in total. The number of hydrogen-bond acceptors (Lipinski definition) is 4. The fraction of sp³-hybridized carbons (Fsp3) is 0.600. The van der Waals surface area contributed by atoms with Crippen LogP contribution in [0, 0.1) is 11.8 Å². The zero-order valence-electron chi connectivity index (χ0n) is 16.2. The lowest BCUT2D eigenvalue weighted by atomic mass is 9.78. The molecule has 1 amide bonds. The number of amides is 1. The van der Waals surface area contributed by atoms with Crippen molar-refractivity contribution in [3.05, 3.63) is 29.8 Å². The van der Waals surface area contributed by atoms with Crippen LogP contribution >= 0.6 is 0 Å². The number of aryl methyl sites for hydroxylation is 1. The Balaban J connectivity index is 1.64. The van der Waals surface area contributed by atoms with E-state index >= 15 is 0 Å². The average Bonchev–Trinajstić information content (AvgIpc) is 2.73. The molecule has 2 aliphatic rings. The number of nitrogens with zero attached hydrogens (tertiary/aromatic N) is 2. The van der Waals surface area contributed by atoms with Crippen LogP contribution in [0.1, 0.15) is 38.2 Å². The minimum atomic E-state index is -3.58. The van der Waals surface area contributed by atoms with E-state index in [-0.39, 0.29) is 23.9 Å². The van der Waals surface area contributed by atoms with Gasteiger partial charge in [0, 0.05) is 26.2 Å². The highest BCUT2D eigenvalue weighted by atomic mass is 32.2. The minimum absolute atomic E-state index is 0.142. The van der Waals surface area contributed by atoms with Gasteiger partial charge in [0.15, 0.2) is 0 Å². The maximum Gasteiger partial charge on any atom is 0.307 e. The van der Waals surface area contributed by atoms with Crippen LogP contribution in [0.4, 0.5) is 0 Å². The van der Waals surface area contributed by atoms with Gasteiger partial charge in [-0.3, -0.25) is 9.59 Å². The molecular weight excluding hydrogens is 380 g/mol. The van der Waals surface area contributed by atoms with Crippen molar-refractivity contribution in [1.29, 1.82) is 0 Å². The topological polar surface area (TPSA) is 95.0 Å². The number of aliphatic carboxylic acids is 1. The Labute approximate surface area is 166 Å². The number of piperazine rings is 1. The number of hydrogen-bond donors (Lipinski definition) is 1. The predicted molar refractivity (Wildman–Crippen MR) is 104 cm³/mol. The van der Waals surface area contributed by atoms with Gasteiger partial charge < -0.3 is 10.0 Å². The molecule has 1 saturated heterocycles. The van der Waals surface area contributed by atoms with E-state index in [0.29, 0.717) is 25.9 Å². The quantitative estimate of drug-likeness (QED) is 0.804. The summed E-state index contributed by atoms with van der Waals surface area (Å²) in [4.78, 5) is 26.2. The number of carbonyl (C=O) groups excluding carboxylic acids is 1. The first kappa shape index (κ1) is 20.8. The standard InChI is InChI=1S/C20H28N2O5S/c1-2-15-7-9-16(10-8-15)28(26,27)22-13-11-21(12-14-22)19(23)17-5-3-4-6-18(17)20(24)25/h7-10,17-18H,2-6,11-14H2,1H3,(H,24,25)/t17-,18-/m0/s1. The molecule has 0 radical (unpaired) electrons. The largest absolute Gasteiger partial charge is 0.481 e. The number of carboxylic acid groups (broad SMARTS) is 1. The summed E-state index contributed by atoms with van der Waals surface area (Å²) < 4.78 is 27.1. The maximum absolute atomic E-state index is 12.9. The molecule has 3 rings (SSSR count). The van der Waals surface area contributed by atoms with E-state index in [1.54, 1.807) is 17.0 Å². The van der Waals surface area contributed by atoms with E-state index in [0.717, 1.165) is 24.8 Å². The Morgan fingerprint density at radius 2 is 1.57 bits per heavy atom. The maximum atomic E-state index is 12.9. The van der Waals surface area contributed by atoms with Crippen LogP contribution in [0.25, 0.3) is 0 Å². The third kappa shape index (κ3) is 4.22. The van der Waals surface area contributed by atoms with Crippen molar-refractivity contribution in [1.82, 2.24) is 9.21 Å². The van der Waals surface area contributed by atoms with E-state index in [4.69, 9.17) is 0 Å². The minimum Gasteiger partial charge on any atom is -0.481 e. The second-order valence-electron chi connectivity index (χ2n) is 7.56. The molecule has 0 bridgehead atoms. The predicted octanol–water partition coefficient (Wildman–Crippen LogP) is 1.97. The van der Waals surface area contributed by atoms with Crippen molar-refractivity contribution in [2.75, 3.05) is 26.2 Å². The van der Waals surface area contributed by atoms with Crippen LogP contribution in [-0.4, -0.2) is 60.8 Å². The molecule has 28 heavy (non-hydrogen) atoms. The van der Waals surface area contributed by atoms with Crippen LogP contribution in [0.5, 0.6) is 0 Å². The Kier molecular flexibility index (Phi) is 6.40. The van der Waals surface area contributed by atoms with E-state index in [1.165, 1.54) is 4.31 Å². The molecule has 1 aromatic rings. The smallest absolute Gasteiger partial charge is 0.307 e. The summed E-state index contributed by atoms with van der Waals surface area (Å²) in [6.07, 6.45) is 3.68. The number of rotatable bonds is 5. The summed E-state index contributed by atoms with van der Waals surface area (Å²) >= 11 is 0. The first-order chi connectivity index (χ1) is 13.3. The van der Waals surface area contributed by atoms with Gasteiger partial charge in [-0.1, -0.05) is 31.9 Å². The van der Waals surface area contributed by atoms with Crippen LogP contribution in [-0.2, 0) is 26.0 Å². The van der Waals surface area contributed by atoms with Gasteiger partial charge in [0.25, 0.3) is 0 Å². The number of benzene rings is 1. The van der Waals surface area contributed by atoms with Gasteiger partial charge in [-0.25, -0.2) is 8.42 Å². The highest BCUT2D eigenvalue weighted by molar-refractivity contribution is 7.89. The SMILES string of the molecule is CCc1ccc(S(=O)(=O)N2CCN(C(=O)[C@H]3CCCC[C@@H]3C(=O)O)CC2)cc1. The average molecular weight is 409 g/mol. The van der Waals surface area contributed by atoms with Crippen molar-refractivity contribution in [2.45, 2.75) is 43.9 Å². The van der Waals surface area contributed by atoms with E-state index in [1.807, 2.05) is 19.1 Å². The molecule has 0 spiro atoms. The number of sulfonamides is 1. The van der Waals surface area contributed by atoms with E-state index < -0.39 is 27.8 Å². The monoisotopic (exact) mass is 408 g/mol. The van der Waals surface area contributed by atoms with Crippen LogP contribution in [0.3, 0.4) is 0 Å². The normalized spacial score (nSPS) is 24.1. The number of carboxylic acids is 1. The lowest BCUT2D eigenvalue weighted by Crippen LogP contribution is -2.53. The van der Waals surface area contributed by atoms with E-state index in [9.17, 15) is 23.1 Å². The fourth-order valence-electron chi connectivity index (χ4n) is 4.15. The van der Waals surface area contributed by atoms with Gasteiger partial charge in [-0.05, 0) is 37.0 Å². The third-order valence-electron chi connectivity index (χ3n) is 5.92. The molecule has 1 aliphatic carbocycles. The molecule has 1 saturated carbocycles. The first-order valence-corrected chi connectivity index (χ1v) is 11.4. The van der Waals surface area contributed by atoms with Gasteiger partial charge in [-0.15, -0.1) is 0 Å². The fourth-order valence-corrected chi connectivity index (χ4v) is 5.57. The van der Waals surface area contributed by atoms with Gasteiger partial charge in [-0.2, -0.15) is 4.31 Å². The molecular formula is C20H28N2O5S. The lowest BCUT2D eigenvalue weighted by Gasteiger charge is -2.38. The molecule has 1 N–H and O–H groups in total. The molecule has 8 heteroatoms. The summed E-state index contributed by atoms with van der Waals surface area (Å²) in [5.41, 5.74) is 1.08. The molecule has 2 fully saturated rings. The second kappa shape index (κ2) is 8.61. The molecule has 154 valence electrons. The summed E-state index contributed by atoms with van der Waals surface area (Å²) in [5, 5.41) is 9.41. The lowest BCUT2D eigenvalue weighted by molar-refractivity contribution is -0.152. The van der Waals surface area contributed by atoms with Crippen LogP contribution in [0.2, 0.25) is 0 Å².